The molecule has 0 unspecified atom stereocenters. The van der Waals surface area contributed by atoms with Crippen LogP contribution in [-0.2, 0) is 4.79 Å². The van der Waals surface area contributed by atoms with E-state index in [2.05, 4.69) is 13.8 Å². The summed E-state index contributed by atoms with van der Waals surface area (Å²) in [6, 6.07) is 27.5. The first kappa shape index (κ1) is 22.9. The Bertz CT molecular complexity index is 1140. The number of para-hydroxylation sites is 1. The highest BCUT2D eigenvalue weighted by atomic mass is 32.2. The number of nitrogens with zero attached hydrogens (tertiary/aromatic N) is 2. The molecule has 1 fully saturated rings. The molecule has 1 amide bonds. The molecule has 33 heavy (non-hydrogen) atoms. The zero-order valence-corrected chi connectivity index (χ0v) is 20.0. The van der Waals surface area contributed by atoms with Crippen LogP contribution in [0.4, 0.5) is 5.69 Å². The van der Waals surface area contributed by atoms with E-state index in [-0.39, 0.29) is 11.9 Å². The Hall–Kier alpha value is -3.31. The van der Waals surface area contributed by atoms with Crippen LogP contribution in [0.2, 0.25) is 0 Å². The van der Waals surface area contributed by atoms with Gasteiger partial charge in [0, 0.05) is 0 Å². The van der Waals surface area contributed by atoms with Crippen molar-refractivity contribution < 1.29 is 9.53 Å². The largest absolute Gasteiger partial charge is 0.493 e. The highest BCUT2D eigenvalue weighted by Gasteiger charge is 2.37. The number of thioether (sulfide) groups is 1. The number of hydrogen-bond acceptors (Lipinski definition) is 4. The highest BCUT2D eigenvalue weighted by Crippen LogP contribution is 2.39. The van der Waals surface area contributed by atoms with Gasteiger partial charge in [0.2, 0.25) is 0 Å². The highest BCUT2D eigenvalue weighted by molar-refractivity contribution is 8.18. The number of amides is 1. The predicted octanol–water partition coefficient (Wildman–Crippen LogP) is 7.09. The van der Waals surface area contributed by atoms with Gasteiger partial charge in [-0.1, -0.05) is 74.5 Å². The second-order valence-corrected chi connectivity index (χ2v) is 9.39. The number of hydrogen-bond donors (Lipinski definition) is 0. The van der Waals surface area contributed by atoms with Crippen molar-refractivity contribution in [1.82, 2.24) is 4.90 Å². The summed E-state index contributed by atoms with van der Waals surface area (Å²) in [4.78, 5) is 20.8. The standard InChI is InChI=1S/C28H28N2O2S/c1-20(2)19-32-25-16-14-22(15-17-25)18-26-27(31)30(21(3)23-10-6-4-7-11-23)28(33-26)29-24-12-8-5-9-13-24/h4-18,20-21H,19H2,1-3H3/b26-18+,29-28?/t21-/m0/s1. The monoisotopic (exact) mass is 456 g/mol. The van der Waals surface area contributed by atoms with E-state index in [1.54, 1.807) is 4.90 Å². The van der Waals surface area contributed by atoms with Crippen molar-refractivity contribution >= 4 is 34.6 Å². The predicted molar refractivity (Wildman–Crippen MR) is 138 cm³/mol. The number of rotatable bonds is 7. The summed E-state index contributed by atoms with van der Waals surface area (Å²) in [5, 5.41) is 0.686. The van der Waals surface area contributed by atoms with Gasteiger partial charge >= 0.3 is 0 Å². The SMILES string of the molecule is CC(C)COc1ccc(/C=C2/SC(=Nc3ccccc3)N([C@@H](C)c3ccccc3)C2=O)cc1. The van der Waals surface area contributed by atoms with E-state index in [4.69, 9.17) is 9.73 Å². The van der Waals surface area contributed by atoms with E-state index in [1.165, 1.54) is 11.8 Å². The van der Waals surface area contributed by atoms with Gasteiger partial charge in [-0.05, 0) is 66.1 Å². The zero-order valence-electron chi connectivity index (χ0n) is 19.1. The topological polar surface area (TPSA) is 41.9 Å². The van der Waals surface area contributed by atoms with Crippen LogP contribution in [0.5, 0.6) is 5.75 Å². The number of carbonyl (C=O) groups excluding carboxylic acids is 1. The van der Waals surface area contributed by atoms with Gasteiger partial charge in [0.05, 0.1) is 23.2 Å². The third-order valence-corrected chi connectivity index (χ3v) is 6.23. The van der Waals surface area contributed by atoms with Gasteiger partial charge in [0.15, 0.2) is 5.17 Å². The van der Waals surface area contributed by atoms with Crippen LogP contribution in [0.15, 0.2) is 94.8 Å². The molecule has 1 atom stereocenters. The van der Waals surface area contributed by atoms with Crippen LogP contribution in [0.25, 0.3) is 6.08 Å². The van der Waals surface area contributed by atoms with E-state index >= 15 is 0 Å². The van der Waals surface area contributed by atoms with E-state index in [0.717, 1.165) is 22.6 Å². The van der Waals surface area contributed by atoms with Crippen LogP contribution >= 0.6 is 11.8 Å². The molecule has 4 nitrogen and oxygen atoms in total. The fraction of sp³-hybridized carbons (Fsp3) is 0.214. The Kier molecular flexibility index (Phi) is 7.30. The summed E-state index contributed by atoms with van der Waals surface area (Å²) in [5.41, 5.74) is 2.85. The summed E-state index contributed by atoms with van der Waals surface area (Å²) in [6.45, 7) is 6.97. The molecule has 0 aromatic heterocycles. The normalized spacial score (nSPS) is 17.2. The second-order valence-electron chi connectivity index (χ2n) is 8.38. The number of carbonyl (C=O) groups is 1. The van der Waals surface area contributed by atoms with Crippen LogP contribution < -0.4 is 4.74 Å². The van der Waals surface area contributed by atoms with Crippen LogP contribution in [0, 0.1) is 5.92 Å². The Labute approximate surface area is 200 Å². The molecule has 5 heteroatoms. The minimum Gasteiger partial charge on any atom is -0.493 e. The van der Waals surface area contributed by atoms with Gasteiger partial charge in [-0.15, -0.1) is 0 Å². The maximum atomic E-state index is 13.5. The van der Waals surface area contributed by atoms with Gasteiger partial charge in [0.25, 0.3) is 5.91 Å². The molecule has 4 rings (SSSR count). The molecular formula is C28H28N2O2S. The molecule has 1 saturated heterocycles. The minimum atomic E-state index is -0.133. The fourth-order valence-corrected chi connectivity index (χ4v) is 4.54. The lowest BCUT2D eigenvalue weighted by atomic mass is 10.1. The lowest BCUT2D eigenvalue weighted by molar-refractivity contribution is -0.123. The molecule has 1 aliphatic heterocycles. The molecule has 0 aliphatic carbocycles. The lowest BCUT2D eigenvalue weighted by Gasteiger charge is -2.24. The smallest absolute Gasteiger partial charge is 0.267 e. The van der Waals surface area contributed by atoms with Gasteiger partial charge in [0.1, 0.15) is 5.75 Å². The van der Waals surface area contributed by atoms with Crippen LogP contribution in [0.3, 0.4) is 0 Å². The molecule has 0 spiro atoms. The maximum Gasteiger partial charge on any atom is 0.267 e. The number of ether oxygens (including phenoxy) is 1. The summed E-state index contributed by atoms with van der Waals surface area (Å²) in [7, 11) is 0. The van der Waals surface area contributed by atoms with Gasteiger partial charge in [-0.2, -0.15) is 0 Å². The minimum absolute atomic E-state index is 0.0360. The fourth-order valence-electron chi connectivity index (χ4n) is 3.47. The quantitative estimate of drug-likeness (QED) is 0.357. The lowest BCUT2D eigenvalue weighted by Crippen LogP contribution is -2.32. The molecule has 0 saturated carbocycles. The second kappa shape index (κ2) is 10.5. The zero-order chi connectivity index (χ0) is 23.2. The Balaban J connectivity index is 1.63. The summed E-state index contributed by atoms with van der Waals surface area (Å²) < 4.78 is 5.77. The number of benzene rings is 3. The van der Waals surface area contributed by atoms with E-state index in [0.29, 0.717) is 22.6 Å². The van der Waals surface area contributed by atoms with Crippen molar-refractivity contribution in [3.8, 4) is 5.75 Å². The molecular weight excluding hydrogens is 428 g/mol. The Morgan fingerprint density at radius 2 is 1.55 bits per heavy atom. The van der Waals surface area contributed by atoms with Crippen LogP contribution in [-0.4, -0.2) is 22.6 Å². The summed E-state index contributed by atoms with van der Waals surface area (Å²) in [5.74, 6) is 1.27. The van der Waals surface area contributed by atoms with Gasteiger partial charge < -0.3 is 4.74 Å². The average Bonchev–Trinajstić information content (AvgIpc) is 3.13. The molecule has 1 aliphatic rings. The number of aliphatic imine (C=N–C) groups is 1. The van der Waals surface area contributed by atoms with E-state index in [9.17, 15) is 4.79 Å². The molecule has 1 heterocycles. The molecule has 0 radical (unpaired) electrons. The molecule has 0 N–H and O–H groups in total. The first-order valence-corrected chi connectivity index (χ1v) is 12.0. The molecule has 0 bridgehead atoms. The molecule has 3 aromatic rings. The third-order valence-electron chi connectivity index (χ3n) is 5.25. The van der Waals surface area contributed by atoms with Crippen LogP contribution in [0.1, 0.15) is 37.9 Å². The van der Waals surface area contributed by atoms with Crippen molar-refractivity contribution in [2.75, 3.05) is 6.61 Å². The molecule has 3 aromatic carbocycles. The Morgan fingerprint density at radius 3 is 2.18 bits per heavy atom. The van der Waals surface area contributed by atoms with Gasteiger partial charge in [-0.25, -0.2) is 4.99 Å². The molecule has 168 valence electrons. The summed E-state index contributed by atoms with van der Waals surface area (Å²) in [6.07, 6.45) is 1.93. The first-order chi connectivity index (χ1) is 16.0. The first-order valence-electron chi connectivity index (χ1n) is 11.2. The maximum absolute atomic E-state index is 13.5. The van der Waals surface area contributed by atoms with Crippen molar-refractivity contribution in [3.05, 3.63) is 101 Å². The van der Waals surface area contributed by atoms with E-state index < -0.39 is 0 Å². The average molecular weight is 457 g/mol. The summed E-state index contributed by atoms with van der Waals surface area (Å²) >= 11 is 1.41. The van der Waals surface area contributed by atoms with Crippen molar-refractivity contribution in [1.29, 1.82) is 0 Å². The van der Waals surface area contributed by atoms with Crippen molar-refractivity contribution in [2.45, 2.75) is 26.8 Å². The Morgan fingerprint density at radius 1 is 0.909 bits per heavy atom. The van der Waals surface area contributed by atoms with Crippen molar-refractivity contribution in [2.24, 2.45) is 10.9 Å². The third kappa shape index (κ3) is 5.74. The van der Waals surface area contributed by atoms with Crippen molar-refractivity contribution in [3.63, 3.8) is 0 Å². The van der Waals surface area contributed by atoms with Gasteiger partial charge in [-0.3, -0.25) is 9.69 Å². The van der Waals surface area contributed by atoms with E-state index in [1.807, 2.05) is 97.9 Å². The number of amidine groups is 1.